The number of hydrogen-bond donors (Lipinski definition) is 2. The monoisotopic (exact) mass is 496 g/mol. The first-order valence-corrected chi connectivity index (χ1v) is 11.3. The number of rotatable bonds is 2. The summed E-state index contributed by atoms with van der Waals surface area (Å²) in [5, 5.41) is 16.9. The molecule has 2 aromatic rings. The van der Waals surface area contributed by atoms with E-state index in [0.29, 0.717) is 11.3 Å². The predicted octanol–water partition coefficient (Wildman–Crippen LogP) is 4.06. The van der Waals surface area contributed by atoms with Gasteiger partial charge < -0.3 is 10.5 Å². The molecular weight excluding hydrogens is 473 g/mol. The topological polar surface area (TPSA) is 122 Å². The van der Waals surface area contributed by atoms with Crippen LogP contribution in [-0.4, -0.2) is 21.8 Å². The van der Waals surface area contributed by atoms with Crippen molar-refractivity contribution in [3.63, 3.8) is 0 Å². The lowest BCUT2D eigenvalue weighted by molar-refractivity contribution is -0.137. The van der Waals surface area contributed by atoms with Crippen LogP contribution in [0.3, 0.4) is 0 Å². The van der Waals surface area contributed by atoms with Crippen LogP contribution in [0.4, 0.5) is 13.2 Å². The standard InChI is InChI=1S/C26H23F3N4O3/c1-13(2)25(21(12-30)23(31)36-24-22(25)14(3)32-33-24)17-6-15(7-18(10-17)26(27,28)29)4-5-16-8-19(34)11-20(35)9-16/h6-7,10,13,16H,8-9,11,31H2,1-3H3,(H,32,33). The Balaban J connectivity index is 1.98. The zero-order valence-corrected chi connectivity index (χ0v) is 19.8. The third-order valence-corrected chi connectivity index (χ3v) is 6.61. The van der Waals surface area contributed by atoms with Crippen LogP contribution in [0, 0.1) is 41.9 Å². The highest BCUT2D eigenvalue weighted by molar-refractivity contribution is 6.01. The molecule has 0 bridgehead atoms. The van der Waals surface area contributed by atoms with Gasteiger partial charge in [0.25, 0.3) is 0 Å². The van der Waals surface area contributed by atoms with Crippen LogP contribution in [0.1, 0.15) is 61.1 Å². The lowest BCUT2D eigenvalue weighted by Crippen LogP contribution is -2.41. The number of carbonyl (C=O) groups excluding carboxylic acids is 2. The molecule has 10 heteroatoms. The molecule has 1 saturated carbocycles. The summed E-state index contributed by atoms with van der Waals surface area (Å²) >= 11 is 0. The van der Waals surface area contributed by atoms with Gasteiger partial charge in [-0.1, -0.05) is 25.7 Å². The van der Waals surface area contributed by atoms with Gasteiger partial charge in [-0.3, -0.25) is 14.7 Å². The Morgan fingerprint density at radius 1 is 1.22 bits per heavy atom. The zero-order valence-electron chi connectivity index (χ0n) is 19.8. The van der Waals surface area contributed by atoms with Crippen molar-refractivity contribution in [1.82, 2.24) is 10.2 Å². The molecule has 2 aliphatic rings. The highest BCUT2D eigenvalue weighted by Crippen LogP contribution is 2.53. The van der Waals surface area contributed by atoms with Crippen LogP contribution in [0.2, 0.25) is 0 Å². The number of aromatic amines is 1. The minimum absolute atomic E-state index is 0.0313. The fourth-order valence-electron chi connectivity index (χ4n) is 5.13. The maximum absolute atomic E-state index is 14.0. The van der Waals surface area contributed by atoms with Crippen LogP contribution in [0.15, 0.2) is 29.7 Å². The molecular formula is C26H23F3N4O3. The molecule has 0 saturated heterocycles. The highest BCUT2D eigenvalue weighted by atomic mass is 19.4. The first kappa shape index (κ1) is 25.1. The average molecular weight is 496 g/mol. The lowest BCUT2D eigenvalue weighted by atomic mass is 9.61. The van der Waals surface area contributed by atoms with Crippen molar-refractivity contribution < 1.29 is 27.5 Å². The number of nitriles is 1. The van der Waals surface area contributed by atoms with E-state index in [1.807, 2.05) is 6.07 Å². The molecule has 1 fully saturated rings. The molecule has 1 aliphatic heterocycles. The number of nitrogens with two attached hydrogens (primary N) is 1. The van der Waals surface area contributed by atoms with Crippen LogP contribution in [-0.2, 0) is 21.2 Å². The summed E-state index contributed by atoms with van der Waals surface area (Å²) in [5.41, 5.74) is 4.81. The van der Waals surface area contributed by atoms with E-state index in [1.54, 1.807) is 20.8 Å². The molecule has 7 nitrogen and oxygen atoms in total. The largest absolute Gasteiger partial charge is 0.420 e. The maximum Gasteiger partial charge on any atom is 0.416 e. The summed E-state index contributed by atoms with van der Waals surface area (Å²) in [5.74, 6) is 3.91. The van der Waals surface area contributed by atoms with Crippen molar-refractivity contribution in [2.24, 2.45) is 17.6 Å². The Bertz CT molecular complexity index is 1390. The quantitative estimate of drug-likeness (QED) is 0.478. The van der Waals surface area contributed by atoms with Crippen molar-refractivity contribution in [2.45, 2.75) is 51.6 Å². The summed E-state index contributed by atoms with van der Waals surface area (Å²) in [6.07, 6.45) is -4.69. The van der Waals surface area contributed by atoms with Gasteiger partial charge in [-0.25, -0.2) is 0 Å². The molecule has 1 aliphatic carbocycles. The van der Waals surface area contributed by atoms with E-state index in [0.717, 1.165) is 12.1 Å². The first-order valence-electron chi connectivity index (χ1n) is 11.3. The number of hydrogen-bond acceptors (Lipinski definition) is 6. The maximum atomic E-state index is 14.0. The molecule has 1 unspecified atom stereocenters. The molecule has 36 heavy (non-hydrogen) atoms. The van der Waals surface area contributed by atoms with E-state index in [1.165, 1.54) is 6.07 Å². The Morgan fingerprint density at radius 2 is 1.89 bits per heavy atom. The van der Waals surface area contributed by atoms with Gasteiger partial charge in [-0.2, -0.15) is 18.4 Å². The number of ether oxygens (including phenoxy) is 1. The summed E-state index contributed by atoms with van der Waals surface area (Å²) in [7, 11) is 0. The Hall–Kier alpha value is -4.05. The number of aromatic nitrogens is 2. The Morgan fingerprint density at radius 3 is 2.47 bits per heavy atom. The fourth-order valence-corrected chi connectivity index (χ4v) is 5.13. The number of allylic oxidation sites excluding steroid dienone is 1. The lowest BCUT2D eigenvalue weighted by Gasteiger charge is -2.41. The third-order valence-electron chi connectivity index (χ3n) is 6.61. The van der Waals surface area contributed by atoms with Gasteiger partial charge in [0.1, 0.15) is 23.2 Å². The van der Waals surface area contributed by atoms with Crippen LogP contribution < -0.4 is 10.5 Å². The fraction of sp³-hybridized carbons (Fsp3) is 0.385. The van der Waals surface area contributed by atoms with Gasteiger partial charge in [0.05, 0.1) is 23.0 Å². The van der Waals surface area contributed by atoms with Crippen molar-refractivity contribution >= 4 is 11.6 Å². The number of nitrogens with one attached hydrogen (secondary N) is 1. The Labute approximate surface area is 205 Å². The second kappa shape index (κ2) is 8.87. The molecule has 0 amide bonds. The summed E-state index contributed by atoms with van der Waals surface area (Å²) in [6.45, 7) is 5.24. The number of H-pyrrole nitrogens is 1. The molecule has 2 heterocycles. The number of benzene rings is 1. The van der Waals surface area contributed by atoms with Crippen molar-refractivity contribution in [1.29, 1.82) is 5.26 Å². The number of nitrogens with zero attached hydrogens (tertiary/aromatic N) is 2. The second-order valence-electron chi connectivity index (χ2n) is 9.37. The second-order valence-corrected chi connectivity index (χ2v) is 9.37. The number of Topliss-reactive ketones (excluding diaryl/α,β-unsaturated/α-hetero) is 2. The van der Waals surface area contributed by atoms with Gasteiger partial charge in [0.15, 0.2) is 0 Å². The number of alkyl halides is 3. The van der Waals surface area contributed by atoms with Gasteiger partial charge in [0, 0.05) is 30.0 Å². The number of aryl methyl sites for hydroxylation is 1. The van der Waals surface area contributed by atoms with Crippen LogP contribution in [0.25, 0.3) is 0 Å². The molecule has 186 valence electrons. The summed E-state index contributed by atoms with van der Waals surface area (Å²) < 4.78 is 47.6. The molecule has 4 rings (SSSR count). The van der Waals surface area contributed by atoms with E-state index < -0.39 is 29.0 Å². The molecule has 3 N–H and O–H groups in total. The molecule has 1 aromatic carbocycles. The number of carbonyl (C=O) groups is 2. The van der Waals surface area contributed by atoms with E-state index in [9.17, 15) is 28.0 Å². The SMILES string of the molecule is Cc1[nH]nc2c1C(c1cc(C#CC3CC(=O)CC(=O)C3)cc(C(F)(F)F)c1)(C(C)C)C(C#N)=C(N)O2. The average Bonchev–Trinajstić information content (AvgIpc) is 3.15. The predicted molar refractivity (Wildman–Crippen MR) is 122 cm³/mol. The first-order chi connectivity index (χ1) is 16.9. The van der Waals surface area contributed by atoms with Crippen molar-refractivity contribution in [3.05, 3.63) is 57.6 Å². The zero-order chi connectivity index (χ0) is 26.4. The van der Waals surface area contributed by atoms with Crippen LogP contribution in [0.5, 0.6) is 5.88 Å². The van der Waals surface area contributed by atoms with E-state index in [2.05, 4.69) is 22.0 Å². The molecule has 1 aromatic heterocycles. The summed E-state index contributed by atoms with van der Waals surface area (Å²) in [6, 6.07) is 5.44. The van der Waals surface area contributed by atoms with Gasteiger partial charge in [0.2, 0.25) is 11.8 Å². The normalized spacial score (nSPS) is 20.5. The van der Waals surface area contributed by atoms with Crippen molar-refractivity contribution in [2.75, 3.05) is 0 Å². The minimum Gasteiger partial charge on any atom is -0.420 e. The molecule has 1 atom stereocenters. The van der Waals surface area contributed by atoms with Crippen molar-refractivity contribution in [3.8, 4) is 23.8 Å². The molecule has 0 spiro atoms. The third kappa shape index (κ3) is 4.13. The van der Waals surface area contributed by atoms with Gasteiger partial charge in [-0.15, -0.1) is 5.10 Å². The number of halogens is 3. The van der Waals surface area contributed by atoms with Gasteiger partial charge in [-0.05, 0) is 36.6 Å². The Kier molecular flexibility index (Phi) is 6.17. The van der Waals surface area contributed by atoms with Crippen LogP contribution >= 0.6 is 0 Å². The smallest absolute Gasteiger partial charge is 0.416 e. The number of fused-ring (bicyclic) bond motifs is 1. The van der Waals surface area contributed by atoms with E-state index >= 15 is 0 Å². The van der Waals surface area contributed by atoms with E-state index in [-0.39, 0.29) is 59.3 Å². The highest BCUT2D eigenvalue weighted by Gasteiger charge is 2.51. The summed E-state index contributed by atoms with van der Waals surface area (Å²) in [4.78, 5) is 23.6. The van der Waals surface area contributed by atoms with Gasteiger partial charge >= 0.3 is 6.18 Å². The van der Waals surface area contributed by atoms with E-state index in [4.69, 9.17) is 10.5 Å². The number of ketones is 2. The minimum atomic E-state index is -4.71. The molecule has 0 radical (unpaired) electrons.